The molecular formula is C16H22N2O2. The summed E-state index contributed by atoms with van der Waals surface area (Å²) in [6.45, 7) is 6.02. The molecule has 0 radical (unpaired) electrons. The summed E-state index contributed by atoms with van der Waals surface area (Å²) in [6, 6.07) is 10.5. The lowest BCUT2D eigenvalue weighted by molar-refractivity contribution is -0.156. The number of likely N-dealkylation sites (tertiary alicyclic amines) is 1. The largest absolute Gasteiger partial charge is 0.354 e. The Labute approximate surface area is 120 Å². The van der Waals surface area contributed by atoms with Crippen LogP contribution in [-0.4, -0.2) is 47.7 Å². The van der Waals surface area contributed by atoms with Crippen LogP contribution in [0.15, 0.2) is 30.3 Å². The SMILES string of the molecule is CC(=O)N1CCOC12CCN(Cc1ccccc1)CC2. The Balaban J connectivity index is 1.61. The summed E-state index contributed by atoms with van der Waals surface area (Å²) < 4.78 is 5.93. The molecule has 0 N–H and O–H groups in total. The second-order valence-electron chi connectivity index (χ2n) is 5.73. The van der Waals surface area contributed by atoms with Crippen molar-refractivity contribution in [2.24, 2.45) is 0 Å². The van der Waals surface area contributed by atoms with Crippen molar-refractivity contribution in [3.05, 3.63) is 35.9 Å². The van der Waals surface area contributed by atoms with E-state index in [4.69, 9.17) is 4.74 Å². The normalized spacial score (nSPS) is 22.4. The van der Waals surface area contributed by atoms with Gasteiger partial charge in [-0.05, 0) is 5.56 Å². The second-order valence-corrected chi connectivity index (χ2v) is 5.73. The van der Waals surface area contributed by atoms with Crippen molar-refractivity contribution >= 4 is 5.91 Å². The molecule has 4 heteroatoms. The Morgan fingerprint density at radius 1 is 1.20 bits per heavy atom. The van der Waals surface area contributed by atoms with Crippen molar-refractivity contribution in [3.8, 4) is 0 Å². The highest BCUT2D eigenvalue weighted by atomic mass is 16.5. The van der Waals surface area contributed by atoms with E-state index in [-0.39, 0.29) is 11.6 Å². The number of carbonyl (C=O) groups excluding carboxylic acids is 1. The Kier molecular flexibility index (Phi) is 3.76. The molecule has 0 atom stereocenters. The van der Waals surface area contributed by atoms with Gasteiger partial charge in [0.25, 0.3) is 0 Å². The fourth-order valence-electron chi connectivity index (χ4n) is 3.37. The van der Waals surface area contributed by atoms with Crippen molar-refractivity contribution in [1.29, 1.82) is 0 Å². The van der Waals surface area contributed by atoms with Gasteiger partial charge in [-0.15, -0.1) is 0 Å². The van der Waals surface area contributed by atoms with Crippen LogP contribution in [0, 0.1) is 0 Å². The molecule has 3 rings (SSSR count). The average Bonchev–Trinajstić information content (AvgIpc) is 2.87. The molecule has 20 heavy (non-hydrogen) atoms. The highest BCUT2D eigenvalue weighted by Gasteiger charge is 2.45. The van der Waals surface area contributed by atoms with Gasteiger partial charge in [0.2, 0.25) is 5.91 Å². The maximum absolute atomic E-state index is 11.7. The van der Waals surface area contributed by atoms with Gasteiger partial charge in [0.1, 0.15) is 5.72 Å². The zero-order valence-corrected chi connectivity index (χ0v) is 12.0. The van der Waals surface area contributed by atoms with Crippen molar-refractivity contribution in [3.63, 3.8) is 0 Å². The van der Waals surface area contributed by atoms with Crippen LogP contribution in [0.5, 0.6) is 0 Å². The smallest absolute Gasteiger partial charge is 0.221 e. The minimum absolute atomic E-state index is 0.138. The van der Waals surface area contributed by atoms with Gasteiger partial charge in [0, 0.05) is 45.9 Å². The molecule has 0 unspecified atom stereocenters. The lowest BCUT2D eigenvalue weighted by atomic mass is 9.98. The summed E-state index contributed by atoms with van der Waals surface area (Å²) in [4.78, 5) is 16.1. The first-order valence-corrected chi connectivity index (χ1v) is 7.38. The maximum Gasteiger partial charge on any atom is 0.221 e. The molecule has 2 aliphatic rings. The highest BCUT2D eigenvalue weighted by molar-refractivity contribution is 5.74. The monoisotopic (exact) mass is 274 g/mol. The second kappa shape index (κ2) is 5.54. The summed E-state index contributed by atoms with van der Waals surface area (Å²) in [7, 11) is 0. The van der Waals surface area contributed by atoms with Crippen LogP contribution < -0.4 is 0 Å². The molecule has 0 saturated carbocycles. The average molecular weight is 274 g/mol. The Morgan fingerprint density at radius 2 is 1.90 bits per heavy atom. The van der Waals surface area contributed by atoms with Gasteiger partial charge in [-0.25, -0.2) is 0 Å². The van der Waals surface area contributed by atoms with Gasteiger partial charge in [0.15, 0.2) is 0 Å². The van der Waals surface area contributed by atoms with Gasteiger partial charge in [0.05, 0.1) is 6.61 Å². The fraction of sp³-hybridized carbons (Fsp3) is 0.562. The van der Waals surface area contributed by atoms with E-state index in [0.717, 1.165) is 39.0 Å². The third-order valence-corrected chi connectivity index (χ3v) is 4.44. The first kappa shape index (κ1) is 13.6. The molecule has 2 aliphatic heterocycles. The lowest BCUT2D eigenvalue weighted by Crippen LogP contribution is -2.54. The van der Waals surface area contributed by atoms with Gasteiger partial charge >= 0.3 is 0 Å². The maximum atomic E-state index is 11.7. The van der Waals surface area contributed by atoms with E-state index in [2.05, 4.69) is 29.2 Å². The van der Waals surface area contributed by atoms with E-state index in [1.807, 2.05) is 11.0 Å². The first-order chi connectivity index (χ1) is 9.70. The van der Waals surface area contributed by atoms with Crippen LogP contribution in [-0.2, 0) is 16.1 Å². The molecule has 0 aromatic heterocycles. The zero-order valence-electron chi connectivity index (χ0n) is 12.0. The van der Waals surface area contributed by atoms with E-state index in [1.165, 1.54) is 5.56 Å². The number of benzene rings is 1. The van der Waals surface area contributed by atoms with Crippen LogP contribution in [0.3, 0.4) is 0 Å². The summed E-state index contributed by atoms with van der Waals surface area (Å²) in [5.41, 5.74) is 1.03. The van der Waals surface area contributed by atoms with Crippen LogP contribution in [0.1, 0.15) is 25.3 Å². The van der Waals surface area contributed by atoms with Crippen molar-refractivity contribution in [2.75, 3.05) is 26.2 Å². The molecule has 1 amide bonds. The van der Waals surface area contributed by atoms with Gasteiger partial charge in [-0.2, -0.15) is 0 Å². The third-order valence-electron chi connectivity index (χ3n) is 4.44. The van der Waals surface area contributed by atoms with E-state index in [0.29, 0.717) is 6.61 Å². The Morgan fingerprint density at radius 3 is 2.55 bits per heavy atom. The Bertz CT molecular complexity index is 467. The molecule has 1 spiro atoms. The van der Waals surface area contributed by atoms with Crippen LogP contribution in [0.4, 0.5) is 0 Å². The standard InChI is InChI=1S/C16H22N2O2/c1-14(19)18-11-12-20-16(18)7-9-17(10-8-16)13-15-5-3-2-4-6-15/h2-6H,7-13H2,1H3. The molecule has 0 bridgehead atoms. The first-order valence-electron chi connectivity index (χ1n) is 7.38. The number of nitrogens with zero attached hydrogens (tertiary/aromatic N) is 2. The third kappa shape index (κ3) is 2.58. The number of rotatable bonds is 2. The topological polar surface area (TPSA) is 32.8 Å². The number of hydrogen-bond acceptors (Lipinski definition) is 3. The fourth-order valence-corrected chi connectivity index (χ4v) is 3.37. The van der Waals surface area contributed by atoms with Crippen LogP contribution >= 0.6 is 0 Å². The van der Waals surface area contributed by atoms with Crippen LogP contribution in [0.25, 0.3) is 0 Å². The molecular weight excluding hydrogens is 252 g/mol. The predicted octanol–water partition coefficient (Wildman–Crippen LogP) is 1.86. The zero-order chi connectivity index (χ0) is 14.0. The van der Waals surface area contributed by atoms with Gasteiger partial charge < -0.3 is 9.64 Å². The summed E-state index contributed by atoms with van der Waals surface area (Å²) in [5.74, 6) is 0.138. The summed E-state index contributed by atoms with van der Waals surface area (Å²) in [6.07, 6.45) is 1.83. The summed E-state index contributed by atoms with van der Waals surface area (Å²) in [5, 5.41) is 0. The highest BCUT2D eigenvalue weighted by Crippen LogP contribution is 2.34. The van der Waals surface area contributed by atoms with E-state index in [1.54, 1.807) is 6.92 Å². The van der Waals surface area contributed by atoms with Crippen molar-refractivity contribution < 1.29 is 9.53 Å². The quantitative estimate of drug-likeness (QED) is 0.825. The molecule has 1 aromatic carbocycles. The number of hydrogen-bond donors (Lipinski definition) is 0. The minimum atomic E-state index is -0.320. The molecule has 2 saturated heterocycles. The van der Waals surface area contributed by atoms with Crippen molar-refractivity contribution in [1.82, 2.24) is 9.80 Å². The molecule has 2 fully saturated rings. The predicted molar refractivity (Wildman–Crippen MR) is 77.0 cm³/mol. The molecule has 1 aromatic rings. The summed E-state index contributed by atoms with van der Waals surface area (Å²) >= 11 is 0. The van der Waals surface area contributed by atoms with Gasteiger partial charge in [-0.3, -0.25) is 9.69 Å². The molecule has 0 aliphatic carbocycles. The number of piperidine rings is 1. The lowest BCUT2D eigenvalue weighted by Gasteiger charge is -2.43. The minimum Gasteiger partial charge on any atom is -0.354 e. The molecule has 2 heterocycles. The van der Waals surface area contributed by atoms with Gasteiger partial charge in [-0.1, -0.05) is 30.3 Å². The number of amides is 1. The number of ether oxygens (including phenoxy) is 1. The Hall–Kier alpha value is -1.39. The van der Waals surface area contributed by atoms with Crippen LogP contribution in [0.2, 0.25) is 0 Å². The van der Waals surface area contributed by atoms with Crippen molar-refractivity contribution in [2.45, 2.75) is 32.0 Å². The van der Waals surface area contributed by atoms with E-state index >= 15 is 0 Å². The molecule has 108 valence electrons. The van der Waals surface area contributed by atoms with E-state index in [9.17, 15) is 4.79 Å². The van der Waals surface area contributed by atoms with E-state index < -0.39 is 0 Å². The number of carbonyl (C=O) groups is 1. The molecule has 4 nitrogen and oxygen atoms in total.